The Morgan fingerprint density at radius 2 is 1.89 bits per heavy atom. The molecule has 0 bridgehead atoms. The fourth-order valence-electron chi connectivity index (χ4n) is 2.55. The molecule has 2 heterocycles. The second kappa shape index (κ2) is 6.50. The van der Waals surface area contributed by atoms with E-state index in [1.165, 1.54) is 0 Å². The topological polar surface area (TPSA) is 36.0 Å². The van der Waals surface area contributed by atoms with Crippen LogP contribution >= 0.6 is 0 Å². The minimum Gasteiger partial charge on any atom is -0.378 e. The highest BCUT2D eigenvalue weighted by atomic mass is 16.5. The summed E-state index contributed by atoms with van der Waals surface area (Å²) < 4.78 is 5.47. The normalized spacial score (nSPS) is 27.4. The summed E-state index contributed by atoms with van der Waals surface area (Å²) in [5.41, 5.74) is 0. The third-order valence-corrected chi connectivity index (χ3v) is 4.07. The van der Waals surface area contributed by atoms with Gasteiger partial charge in [0, 0.05) is 45.2 Å². The Morgan fingerprint density at radius 3 is 2.56 bits per heavy atom. The van der Waals surface area contributed by atoms with Crippen LogP contribution in [0.15, 0.2) is 0 Å². The number of morpholine rings is 1. The van der Waals surface area contributed by atoms with E-state index in [1.807, 2.05) is 4.90 Å². The average Bonchev–Trinajstić information content (AvgIpc) is 2.38. The van der Waals surface area contributed by atoms with Gasteiger partial charge in [0.05, 0.1) is 13.2 Å². The SMILES string of the molecule is CN1CCN(C(=O)CCC2COCCN2C)CC1. The molecule has 2 fully saturated rings. The monoisotopic (exact) mass is 255 g/mol. The van der Waals surface area contributed by atoms with Crippen LogP contribution in [0.5, 0.6) is 0 Å². The predicted octanol–water partition coefficient (Wildman–Crippen LogP) is -0.129. The van der Waals surface area contributed by atoms with Crippen molar-refractivity contribution in [1.29, 1.82) is 0 Å². The molecule has 1 atom stereocenters. The molecule has 2 aliphatic rings. The summed E-state index contributed by atoms with van der Waals surface area (Å²) in [6.07, 6.45) is 1.57. The summed E-state index contributed by atoms with van der Waals surface area (Å²) in [6, 6.07) is 0.412. The van der Waals surface area contributed by atoms with Crippen LogP contribution in [0.3, 0.4) is 0 Å². The molecule has 0 spiro atoms. The highest BCUT2D eigenvalue weighted by Crippen LogP contribution is 2.12. The predicted molar refractivity (Wildman–Crippen MR) is 70.5 cm³/mol. The molecule has 0 aromatic rings. The van der Waals surface area contributed by atoms with E-state index in [0.717, 1.165) is 52.4 Å². The third-order valence-electron chi connectivity index (χ3n) is 4.07. The second-order valence-corrected chi connectivity index (χ2v) is 5.43. The molecular weight excluding hydrogens is 230 g/mol. The molecule has 0 aromatic carbocycles. The first-order chi connectivity index (χ1) is 8.66. The van der Waals surface area contributed by atoms with Crippen molar-refractivity contribution in [3.8, 4) is 0 Å². The lowest BCUT2D eigenvalue weighted by atomic mass is 10.1. The number of likely N-dealkylation sites (N-methyl/N-ethyl adjacent to an activating group) is 2. The van der Waals surface area contributed by atoms with Crippen molar-refractivity contribution in [2.24, 2.45) is 0 Å². The number of nitrogens with zero attached hydrogens (tertiary/aromatic N) is 3. The zero-order valence-electron chi connectivity index (χ0n) is 11.6. The molecule has 1 amide bonds. The number of amides is 1. The smallest absolute Gasteiger partial charge is 0.222 e. The molecule has 5 heteroatoms. The standard InChI is InChI=1S/C13H25N3O2/c1-14-5-7-16(8-6-14)13(17)4-3-12-11-18-10-9-15(12)2/h12H,3-11H2,1-2H3. The summed E-state index contributed by atoms with van der Waals surface area (Å²) >= 11 is 0. The number of hydrogen-bond donors (Lipinski definition) is 0. The first-order valence-electron chi connectivity index (χ1n) is 6.91. The Labute approximate surface area is 110 Å². The first-order valence-corrected chi connectivity index (χ1v) is 6.91. The van der Waals surface area contributed by atoms with Gasteiger partial charge in [0.2, 0.25) is 5.91 Å². The van der Waals surface area contributed by atoms with Crippen LogP contribution in [-0.4, -0.2) is 86.7 Å². The molecule has 5 nitrogen and oxygen atoms in total. The Kier molecular flexibility index (Phi) is 4.97. The van der Waals surface area contributed by atoms with Gasteiger partial charge in [-0.3, -0.25) is 9.69 Å². The highest BCUT2D eigenvalue weighted by Gasteiger charge is 2.23. The van der Waals surface area contributed by atoms with Gasteiger partial charge in [0.25, 0.3) is 0 Å². The molecule has 18 heavy (non-hydrogen) atoms. The molecular formula is C13H25N3O2. The molecule has 0 saturated carbocycles. The number of ether oxygens (including phenoxy) is 1. The number of piperazine rings is 1. The summed E-state index contributed by atoms with van der Waals surface area (Å²) in [5, 5.41) is 0. The van der Waals surface area contributed by atoms with Crippen LogP contribution in [0.25, 0.3) is 0 Å². The summed E-state index contributed by atoms with van der Waals surface area (Å²) in [5.74, 6) is 0.307. The Morgan fingerprint density at radius 1 is 1.17 bits per heavy atom. The number of rotatable bonds is 3. The fraction of sp³-hybridized carbons (Fsp3) is 0.923. The van der Waals surface area contributed by atoms with Gasteiger partial charge in [-0.25, -0.2) is 0 Å². The van der Waals surface area contributed by atoms with E-state index in [2.05, 4.69) is 23.9 Å². The van der Waals surface area contributed by atoms with Crippen molar-refractivity contribution < 1.29 is 9.53 Å². The van der Waals surface area contributed by atoms with Crippen LogP contribution in [0.2, 0.25) is 0 Å². The lowest BCUT2D eigenvalue weighted by Gasteiger charge is -2.34. The zero-order chi connectivity index (χ0) is 13.0. The van der Waals surface area contributed by atoms with Crippen LogP contribution in [0.1, 0.15) is 12.8 Å². The summed E-state index contributed by atoms with van der Waals surface area (Å²) in [6.45, 7) is 6.33. The van der Waals surface area contributed by atoms with Crippen molar-refractivity contribution in [3.05, 3.63) is 0 Å². The number of carbonyl (C=O) groups is 1. The van der Waals surface area contributed by atoms with Crippen molar-refractivity contribution in [1.82, 2.24) is 14.7 Å². The summed E-state index contributed by atoms with van der Waals surface area (Å²) in [7, 11) is 4.23. The minimum atomic E-state index is 0.307. The lowest BCUT2D eigenvalue weighted by molar-refractivity contribution is -0.133. The first kappa shape index (κ1) is 13.8. The van der Waals surface area contributed by atoms with E-state index < -0.39 is 0 Å². The summed E-state index contributed by atoms with van der Waals surface area (Å²) in [4.78, 5) is 18.7. The molecule has 0 N–H and O–H groups in total. The molecule has 2 rings (SSSR count). The average molecular weight is 255 g/mol. The van der Waals surface area contributed by atoms with Crippen LogP contribution < -0.4 is 0 Å². The van der Waals surface area contributed by atoms with Gasteiger partial charge in [0.15, 0.2) is 0 Å². The van der Waals surface area contributed by atoms with Gasteiger partial charge >= 0.3 is 0 Å². The lowest BCUT2D eigenvalue weighted by Crippen LogP contribution is -2.48. The molecule has 2 aliphatic heterocycles. The van der Waals surface area contributed by atoms with Crippen molar-refractivity contribution >= 4 is 5.91 Å². The molecule has 2 saturated heterocycles. The van der Waals surface area contributed by atoms with Gasteiger partial charge in [-0.2, -0.15) is 0 Å². The van der Waals surface area contributed by atoms with Crippen LogP contribution in [-0.2, 0) is 9.53 Å². The van der Waals surface area contributed by atoms with Crippen LogP contribution in [0.4, 0.5) is 0 Å². The Hall–Kier alpha value is -0.650. The Bertz CT molecular complexity index is 277. The largest absolute Gasteiger partial charge is 0.378 e. The van der Waals surface area contributed by atoms with Gasteiger partial charge < -0.3 is 14.5 Å². The van der Waals surface area contributed by atoms with E-state index in [-0.39, 0.29) is 0 Å². The van der Waals surface area contributed by atoms with Crippen molar-refractivity contribution in [2.45, 2.75) is 18.9 Å². The number of hydrogen-bond acceptors (Lipinski definition) is 4. The maximum atomic E-state index is 12.1. The van der Waals surface area contributed by atoms with Gasteiger partial charge in [-0.1, -0.05) is 0 Å². The van der Waals surface area contributed by atoms with Gasteiger partial charge in [0.1, 0.15) is 0 Å². The van der Waals surface area contributed by atoms with E-state index in [9.17, 15) is 4.79 Å². The Balaban J connectivity index is 1.70. The molecule has 0 aliphatic carbocycles. The zero-order valence-corrected chi connectivity index (χ0v) is 11.6. The third kappa shape index (κ3) is 3.67. The molecule has 1 unspecified atom stereocenters. The van der Waals surface area contributed by atoms with Crippen LogP contribution in [0, 0.1) is 0 Å². The van der Waals surface area contributed by atoms with Gasteiger partial charge in [-0.05, 0) is 20.5 Å². The fourth-order valence-corrected chi connectivity index (χ4v) is 2.55. The maximum Gasteiger partial charge on any atom is 0.222 e. The van der Waals surface area contributed by atoms with E-state index in [4.69, 9.17) is 4.74 Å². The van der Waals surface area contributed by atoms with Gasteiger partial charge in [-0.15, -0.1) is 0 Å². The second-order valence-electron chi connectivity index (χ2n) is 5.43. The van der Waals surface area contributed by atoms with Crippen molar-refractivity contribution in [2.75, 3.05) is 60.0 Å². The van der Waals surface area contributed by atoms with E-state index in [0.29, 0.717) is 18.4 Å². The molecule has 0 radical (unpaired) electrons. The molecule has 104 valence electrons. The minimum absolute atomic E-state index is 0.307. The maximum absolute atomic E-state index is 12.1. The van der Waals surface area contributed by atoms with Crippen molar-refractivity contribution in [3.63, 3.8) is 0 Å². The quantitative estimate of drug-likeness (QED) is 0.704. The molecule has 0 aromatic heterocycles. The highest BCUT2D eigenvalue weighted by molar-refractivity contribution is 5.76. The van der Waals surface area contributed by atoms with E-state index >= 15 is 0 Å². The van der Waals surface area contributed by atoms with E-state index in [1.54, 1.807) is 0 Å². The number of carbonyl (C=O) groups excluding carboxylic acids is 1.